The Kier molecular flexibility index (Phi) is 7.17. The Morgan fingerprint density at radius 3 is 1.97 bits per heavy atom. The SMILES string of the molecule is CC(CNC(=O)C(Cc1ccccc1)NC(=O)c1ccccc1)c1ccccc1. The molecule has 3 aromatic carbocycles. The third-order valence-corrected chi connectivity index (χ3v) is 4.89. The van der Waals surface area contributed by atoms with Gasteiger partial charge in [-0.2, -0.15) is 0 Å². The summed E-state index contributed by atoms with van der Waals surface area (Å²) in [6.07, 6.45) is 0.435. The predicted octanol–water partition coefficient (Wildman–Crippen LogP) is 3.95. The maximum Gasteiger partial charge on any atom is 0.251 e. The zero-order valence-corrected chi connectivity index (χ0v) is 16.5. The van der Waals surface area contributed by atoms with Crippen LogP contribution in [-0.4, -0.2) is 24.4 Å². The lowest BCUT2D eigenvalue weighted by Gasteiger charge is -2.20. The van der Waals surface area contributed by atoms with Crippen LogP contribution >= 0.6 is 0 Å². The number of rotatable bonds is 8. The van der Waals surface area contributed by atoms with Gasteiger partial charge in [-0.1, -0.05) is 85.8 Å². The summed E-state index contributed by atoms with van der Waals surface area (Å²) >= 11 is 0. The fourth-order valence-corrected chi connectivity index (χ4v) is 3.17. The van der Waals surface area contributed by atoms with Gasteiger partial charge in [0.15, 0.2) is 0 Å². The highest BCUT2D eigenvalue weighted by Gasteiger charge is 2.22. The van der Waals surface area contributed by atoms with E-state index in [1.54, 1.807) is 12.1 Å². The lowest BCUT2D eigenvalue weighted by molar-refractivity contribution is -0.123. The molecule has 0 aliphatic carbocycles. The van der Waals surface area contributed by atoms with Crippen LogP contribution in [0.25, 0.3) is 0 Å². The van der Waals surface area contributed by atoms with Crippen LogP contribution in [0.5, 0.6) is 0 Å². The fourth-order valence-electron chi connectivity index (χ4n) is 3.17. The molecule has 29 heavy (non-hydrogen) atoms. The molecule has 0 saturated heterocycles. The van der Waals surface area contributed by atoms with E-state index in [1.807, 2.05) is 66.7 Å². The van der Waals surface area contributed by atoms with Gasteiger partial charge in [0.2, 0.25) is 5.91 Å². The molecule has 2 amide bonds. The van der Waals surface area contributed by atoms with Crippen molar-refractivity contribution in [2.75, 3.05) is 6.54 Å². The fraction of sp³-hybridized carbons (Fsp3) is 0.200. The summed E-state index contributed by atoms with van der Waals surface area (Å²) in [6, 6.07) is 28.1. The molecule has 0 saturated carbocycles. The lowest BCUT2D eigenvalue weighted by atomic mass is 10.0. The van der Waals surface area contributed by atoms with Crippen molar-refractivity contribution in [1.82, 2.24) is 10.6 Å². The Balaban J connectivity index is 1.68. The van der Waals surface area contributed by atoms with E-state index in [1.165, 1.54) is 5.56 Å². The second kappa shape index (κ2) is 10.2. The third kappa shape index (κ3) is 6.04. The van der Waals surface area contributed by atoms with Gasteiger partial charge in [-0.05, 0) is 29.2 Å². The van der Waals surface area contributed by atoms with Gasteiger partial charge in [0, 0.05) is 18.5 Å². The first-order valence-corrected chi connectivity index (χ1v) is 9.86. The molecule has 2 N–H and O–H groups in total. The van der Waals surface area contributed by atoms with Gasteiger partial charge >= 0.3 is 0 Å². The number of hydrogen-bond acceptors (Lipinski definition) is 2. The van der Waals surface area contributed by atoms with Crippen LogP contribution in [0.3, 0.4) is 0 Å². The zero-order valence-electron chi connectivity index (χ0n) is 16.5. The van der Waals surface area contributed by atoms with Crippen LogP contribution in [0.4, 0.5) is 0 Å². The molecule has 0 radical (unpaired) electrons. The van der Waals surface area contributed by atoms with Gasteiger partial charge in [0.05, 0.1) is 0 Å². The first kappa shape index (κ1) is 20.3. The second-order valence-electron chi connectivity index (χ2n) is 7.14. The van der Waals surface area contributed by atoms with Crippen molar-refractivity contribution in [2.24, 2.45) is 0 Å². The molecule has 0 spiro atoms. The lowest BCUT2D eigenvalue weighted by Crippen LogP contribution is -2.48. The number of hydrogen-bond donors (Lipinski definition) is 2. The first-order chi connectivity index (χ1) is 14.1. The molecule has 2 atom stereocenters. The molecule has 0 aromatic heterocycles. The zero-order chi connectivity index (χ0) is 20.5. The van der Waals surface area contributed by atoms with E-state index in [-0.39, 0.29) is 17.7 Å². The minimum atomic E-state index is -0.645. The van der Waals surface area contributed by atoms with E-state index in [2.05, 4.69) is 29.7 Å². The van der Waals surface area contributed by atoms with E-state index >= 15 is 0 Å². The van der Waals surface area contributed by atoms with Crippen molar-refractivity contribution in [2.45, 2.75) is 25.3 Å². The highest BCUT2D eigenvalue weighted by Crippen LogP contribution is 2.13. The number of nitrogens with one attached hydrogen (secondary N) is 2. The van der Waals surface area contributed by atoms with Gasteiger partial charge in [0.1, 0.15) is 6.04 Å². The molecule has 4 heteroatoms. The van der Waals surface area contributed by atoms with Crippen molar-refractivity contribution >= 4 is 11.8 Å². The molecule has 0 aliphatic heterocycles. The normalized spacial score (nSPS) is 12.6. The highest BCUT2D eigenvalue weighted by molar-refractivity contribution is 5.97. The molecular weight excluding hydrogens is 360 g/mol. The number of amides is 2. The molecular formula is C25H26N2O2. The molecule has 0 bridgehead atoms. The third-order valence-electron chi connectivity index (χ3n) is 4.89. The molecule has 3 aromatic rings. The van der Waals surface area contributed by atoms with Crippen molar-refractivity contribution < 1.29 is 9.59 Å². The molecule has 0 heterocycles. The van der Waals surface area contributed by atoms with Gasteiger partial charge in [-0.3, -0.25) is 9.59 Å². The Labute approximate surface area is 172 Å². The Morgan fingerprint density at radius 2 is 1.34 bits per heavy atom. The van der Waals surface area contributed by atoms with Crippen molar-refractivity contribution in [3.63, 3.8) is 0 Å². The van der Waals surface area contributed by atoms with Crippen LogP contribution in [0.15, 0.2) is 91.0 Å². The van der Waals surface area contributed by atoms with E-state index < -0.39 is 6.04 Å². The largest absolute Gasteiger partial charge is 0.354 e. The minimum absolute atomic E-state index is 0.180. The van der Waals surface area contributed by atoms with Crippen molar-refractivity contribution in [1.29, 1.82) is 0 Å². The number of carbonyl (C=O) groups excluding carboxylic acids is 2. The first-order valence-electron chi connectivity index (χ1n) is 9.86. The molecule has 3 rings (SSSR count). The summed E-state index contributed by atoms with van der Waals surface area (Å²) in [5.74, 6) is -0.249. The van der Waals surface area contributed by atoms with E-state index in [4.69, 9.17) is 0 Å². The van der Waals surface area contributed by atoms with E-state index in [0.29, 0.717) is 18.5 Å². The van der Waals surface area contributed by atoms with Crippen molar-refractivity contribution in [3.05, 3.63) is 108 Å². The maximum atomic E-state index is 12.9. The van der Waals surface area contributed by atoms with Crippen molar-refractivity contribution in [3.8, 4) is 0 Å². The van der Waals surface area contributed by atoms with Crippen LogP contribution in [0.2, 0.25) is 0 Å². The number of benzene rings is 3. The second-order valence-corrected chi connectivity index (χ2v) is 7.14. The Morgan fingerprint density at radius 1 is 0.793 bits per heavy atom. The summed E-state index contributed by atoms with van der Waals surface area (Å²) in [5, 5.41) is 5.90. The molecule has 4 nitrogen and oxygen atoms in total. The average molecular weight is 386 g/mol. The van der Waals surface area contributed by atoms with Gasteiger partial charge in [-0.15, -0.1) is 0 Å². The van der Waals surface area contributed by atoms with Gasteiger partial charge in [0.25, 0.3) is 5.91 Å². The molecule has 148 valence electrons. The van der Waals surface area contributed by atoms with Crippen LogP contribution < -0.4 is 10.6 Å². The quantitative estimate of drug-likeness (QED) is 0.616. The smallest absolute Gasteiger partial charge is 0.251 e. The minimum Gasteiger partial charge on any atom is -0.354 e. The molecule has 2 unspecified atom stereocenters. The summed E-state index contributed by atoms with van der Waals surface area (Å²) in [4.78, 5) is 25.5. The van der Waals surface area contributed by atoms with Gasteiger partial charge in [-0.25, -0.2) is 0 Å². The van der Waals surface area contributed by atoms with Gasteiger partial charge < -0.3 is 10.6 Å². The maximum absolute atomic E-state index is 12.9. The van der Waals surface area contributed by atoms with Crippen LogP contribution in [0.1, 0.15) is 34.3 Å². The molecule has 0 aliphatic rings. The summed E-state index contributed by atoms with van der Waals surface area (Å²) < 4.78 is 0. The Hall–Kier alpha value is -3.40. The average Bonchev–Trinajstić information content (AvgIpc) is 2.78. The predicted molar refractivity (Wildman–Crippen MR) is 116 cm³/mol. The summed E-state index contributed by atoms with van der Waals surface area (Å²) in [5.41, 5.74) is 2.70. The standard InChI is InChI=1S/C25H26N2O2/c1-19(21-13-7-3-8-14-21)18-26-25(29)23(17-20-11-5-2-6-12-20)27-24(28)22-15-9-4-10-16-22/h2-16,19,23H,17-18H2,1H3,(H,26,29)(H,27,28). The highest BCUT2D eigenvalue weighted by atomic mass is 16.2. The van der Waals surface area contributed by atoms with Crippen LogP contribution in [0, 0.1) is 0 Å². The molecule has 0 fully saturated rings. The summed E-state index contributed by atoms with van der Waals surface area (Å²) in [7, 11) is 0. The van der Waals surface area contributed by atoms with Crippen LogP contribution in [-0.2, 0) is 11.2 Å². The van der Waals surface area contributed by atoms with E-state index in [9.17, 15) is 9.59 Å². The number of carbonyl (C=O) groups is 2. The van der Waals surface area contributed by atoms with E-state index in [0.717, 1.165) is 5.56 Å². The summed E-state index contributed by atoms with van der Waals surface area (Å²) in [6.45, 7) is 2.58. The monoisotopic (exact) mass is 386 g/mol. The Bertz CT molecular complexity index is 911. The topological polar surface area (TPSA) is 58.2 Å².